The van der Waals surface area contributed by atoms with E-state index < -0.39 is 28.3 Å². The molecule has 1 aliphatic rings. The molecule has 7 heteroatoms. The van der Waals surface area contributed by atoms with Crippen LogP contribution in [0.4, 0.5) is 9.18 Å². The smallest absolute Gasteiger partial charge is 0.273 e. The predicted molar refractivity (Wildman–Crippen MR) is 108 cm³/mol. The van der Waals surface area contributed by atoms with Gasteiger partial charge in [-0.2, -0.15) is 10.5 Å². The molecular weight excluding hydrogens is 367 g/mol. The Kier molecular flexibility index (Phi) is 8.16. The van der Waals surface area contributed by atoms with Gasteiger partial charge in [-0.05, 0) is 48.5 Å². The molecule has 5 nitrogen and oxygen atoms in total. The molecule has 1 fully saturated rings. The van der Waals surface area contributed by atoms with Crippen LogP contribution in [-0.2, 0) is 16.0 Å². The molecule has 1 saturated heterocycles. The zero-order valence-corrected chi connectivity index (χ0v) is 16.7. The van der Waals surface area contributed by atoms with Crippen LogP contribution < -0.4 is 5.32 Å². The molecule has 4 amide bonds. The third kappa shape index (κ3) is 5.73. The molecule has 0 radical (unpaired) electrons. The summed E-state index contributed by atoms with van der Waals surface area (Å²) in [5.41, 5.74) is 0.825. The highest BCUT2D eigenvalue weighted by Crippen LogP contribution is 2.23. The number of hydrogen-bond acceptors (Lipinski definition) is 3. The summed E-state index contributed by atoms with van der Waals surface area (Å²) in [6, 6.07) is 5.28. The third-order valence-corrected chi connectivity index (χ3v) is 6.93. The number of amides is 4. The van der Waals surface area contributed by atoms with E-state index in [1.807, 2.05) is 0 Å². The molecule has 0 bridgehead atoms. The van der Waals surface area contributed by atoms with Gasteiger partial charge >= 0.3 is 6.03 Å². The zero-order chi connectivity index (χ0) is 19.8. The van der Waals surface area contributed by atoms with Crippen molar-refractivity contribution in [3.8, 4) is 0 Å². The number of imide groups is 2. The first-order valence-corrected chi connectivity index (χ1v) is 11.0. The van der Waals surface area contributed by atoms with E-state index in [2.05, 4.69) is 19.2 Å². The number of rotatable bonds is 9. The second kappa shape index (κ2) is 10.3. The van der Waals surface area contributed by atoms with Crippen LogP contribution in [0, 0.1) is 5.82 Å². The van der Waals surface area contributed by atoms with Gasteiger partial charge in [0.1, 0.15) is 10.7 Å². The Balaban J connectivity index is 2.21. The maximum Gasteiger partial charge on any atom is 0.331 e. The van der Waals surface area contributed by atoms with Gasteiger partial charge in [0.15, 0.2) is 0 Å². The van der Waals surface area contributed by atoms with E-state index in [-0.39, 0.29) is 17.2 Å². The number of nitrogens with zero attached hydrogens (tertiary/aromatic N) is 1. The summed E-state index contributed by atoms with van der Waals surface area (Å²) >= 11 is 0. The van der Waals surface area contributed by atoms with Crippen molar-refractivity contribution >= 4 is 33.2 Å². The molecule has 0 aromatic heterocycles. The van der Waals surface area contributed by atoms with Gasteiger partial charge in [0.25, 0.3) is 11.8 Å². The summed E-state index contributed by atoms with van der Waals surface area (Å²) in [6.45, 7) is 4.31. The Morgan fingerprint density at radius 1 is 1.00 bits per heavy atom. The molecule has 1 aromatic rings. The minimum atomic E-state index is -0.676. The molecule has 27 heavy (non-hydrogen) atoms. The second-order valence-electron chi connectivity index (χ2n) is 6.53. The Morgan fingerprint density at radius 3 is 2.15 bits per heavy atom. The lowest BCUT2D eigenvalue weighted by Gasteiger charge is -2.28. The SMILES string of the molecule is CCCCS(CCCC)=C1C(=O)NC(=O)N(CCc2ccc(F)cc2)C1=O. The molecular formula is C20H27FN2O3S. The van der Waals surface area contributed by atoms with Crippen LogP contribution >= 0.6 is 10.5 Å². The molecule has 1 aliphatic heterocycles. The maximum absolute atomic E-state index is 13.0. The largest absolute Gasteiger partial charge is 0.331 e. The van der Waals surface area contributed by atoms with Gasteiger partial charge < -0.3 is 0 Å². The summed E-state index contributed by atoms with van der Waals surface area (Å²) in [6.07, 6.45) is 4.29. The van der Waals surface area contributed by atoms with Crippen molar-refractivity contribution in [2.24, 2.45) is 0 Å². The van der Waals surface area contributed by atoms with Crippen LogP contribution in [0.5, 0.6) is 0 Å². The Labute approximate surface area is 162 Å². The van der Waals surface area contributed by atoms with Gasteiger partial charge in [-0.25, -0.2) is 9.18 Å². The summed E-state index contributed by atoms with van der Waals surface area (Å²) in [5.74, 6) is 0.248. The van der Waals surface area contributed by atoms with E-state index in [1.165, 1.54) is 12.1 Å². The third-order valence-electron chi connectivity index (χ3n) is 4.43. The number of hydrogen-bond donors (Lipinski definition) is 1. The molecule has 1 N–H and O–H groups in total. The molecule has 0 atom stereocenters. The number of carbonyl (C=O) groups excluding carboxylic acids is 3. The van der Waals surface area contributed by atoms with E-state index in [9.17, 15) is 18.8 Å². The van der Waals surface area contributed by atoms with Crippen molar-refractivity contribution in [1.29, 1.82) is 0 Å². The first-order valence-electron chi connectivity index (χ1n) is 9.44. The van der Waals surface area contributed by atoms with E-state index >= 15 is 0 Å². The second-order valence-corrected chi connectivity index (χ2v) is 8.74. The van der Waals surface area contributed by atoms with E-state index in [0.717, 1.165) is 47.7 Å². The van der Waals surface area contributed by atoms with Crippen molar-refractivity contribution in [2.75, 3.05) is 18.1 Å². The van der Waals surface area contributed by atoms with Crippen LogP contribution in [0.1, 0.15) is 45.1 Å². The number of halogens is 1. The standard InChI is InChI=1S/C20H27FN2O3S/c1-3-5-13-27(14-6-4-2)17-18(24)22-20(26)23(19(17)25)12-11-15-7-9-16(21)10-8-15/h7-10H,3-6,11-14H2,1-2H3,(H,22,24,26). The number of unbranched alkanes of at least 4 members (excludes halogenated alkanes) is 2. The van der Waals surface area contributed by atoms with E-state index in [0.29, 0.717) is 6.42 Å². The van der Waals surface area contributed by atoms with Crippen molar-refractivity contribution in [3.63, 3.8) is 0 Å². The van der Waals surface area contributed by atoms with Crippen molar-refractivity contribution in [1.82, 2.24) is 10.2 Å². The Morgan fingerprint density at radius 2 is 1.59 bits per heavy atom. The quantitative estimate of drug-likeness (QED) is 0.652. The molecule has 0 spiro atoms. The minimum Gasteiger partial charge on any atom is -0.273 e. The van der Waals surface area contributed by atoms with Crippen molar-refractivity contribution in [2.45, 2.75) is 46.0 Å². The highest BCUT2D eigenvalue weighted by molar-refractivity contribution is 8.18. The highest BCUT2D eigenvalue weighted by atomic mass is 32.2. The topological polar surface area (TPSA) is 66.5 Å². The lowest BCUT2D eigenvalue weighted by atomic mass is 10.1. The number of urea groups is 1. The zero-order valence-electron chi connectivity index (χ0n) is 15.9. The number of nitrogens with one attached hydrogen (secondary N) is 1. The molecule has 1 aromatic carbocycles. The maximum atomic E-state index is 13.0. The molecule has 1 heterocycles. The number of carbonyl (C=O) groups is 3. The van der Waals surface area contributed by atoms with Crippen LogP contribution in [-0.4, -0.2) is 45.7 Å². The average molecular weight is 395 g/mol. The van der Waals surface area contributed by atoms with Crippen LogP contribution in [0.15, 0.2) is 24.3 Å². The summed E-state index contributed by atoms with van der Waals surface area (Å²) in [5, 5.41) is 2.33. The lowest BCUT2D eigenvalue weighted by Crippen LogP contribution is -2.59. The molecule has 0 aliphatic carbocycles. The summed E-state index contributed by atoms with van der Waals surface area (Å²) < 4.78 is 13.0. The van der Waals surface area contributed by atoms with Crippen LogP contribution in [0.2, 0.25) is 0 Å². The Bertz CT molecular complexity index is 721. The summed E-state index contributed by atoms with van der Waals surface area (Å²) in [4.78, 5) is 38.9. The van der Waals surface area contributed by atoms with Gasteiger partial charge in [-0.3, -0.25) is 19.8 Å². The van der Waals surface area contributed by atoms with E-state index in [4.69, 9.17) is 0 Å². The first kappa shape index (κ1) is 21.3. The first-order chi connectivity index (χ1) is 13.0. The Hall–Kier alpha value is -2.02. The lowest BCUT2D eigenvalue weighted by molar-refractivity contribution is -0.125. The fourth-order valence-corrected chi connectivity index (χ4v) is 5.38. The van der Waals surface area contributed by atoms with Gasteiger partial charge in [0, 0.05) is 6.54 Å². The normalized spacial score (nSPS) is 14.9. The molecule has 2 rings (SSSR count). The van der Waals surface area contributed by atoms with Crippen molar-refractivity contribution in [3.05, 3.63) is 35.6 Å². The highest BCUT2D eigenvalue weighted by Gasteiger charge is 2.37. The number of barbiturate groups is 1. The monoisotopic (exact) mass is 394 g/mol. The molecule has 148 valence electrons. The fraction of sp³-hybridized carbons (Fsp3) is 0.500. The average Bonchev–Trinajstić information content (AvgIpc) is 2.64. The van der Waals surface area contributed by atoms with Gasteiger partial charge in [0.05, 0.1) is 0 Å². The predicted octanol–water partition coefficient (Wildman–Crippen LogP) is 3.49. The summed E-state index contributed by atoms with van der Waals surface area (Å²) in [7, 11) is -0.446. The molecule has 0 unspecified atom stereocenters. The molecule has 0 saturated carbocycles. The van der Waals surface area contributed by atoms with Crippen molar-refractivity contribution < 1.29 is 18.8 Å². The fourth-order valence-electron chi connectivity index (χ4n) is 2.83. The van der Waals surface area contributed by atoms with Crippen LogP contribution in [0.3, 0.4) is 0 Å². The minimum absolute atomic E-state index is 0.159. The van der Waals surface area contributed by atoms with E-state index in [1.54, 1.807) is 12.1 Å². The van der Waals surface area contributed by atoms with Gasteiger partial charge in [-0.15, -0.1) is 0 Å². The van der Waals surface area contributed by atoms with Gasteiger partial charge in [-0.1, -0.05) is 38.8 Å². The number of benzene rings is 1. The van der Waals surface area contributed by atoms with Crippen LogP contribution in [0.25, 0.3) is 0 Å². The van der Waals surface area contributed by atoms with Gasteiger partial charge in [0.2, 0.25) is 0 Å².